The van der Waals surface area contributed by atoms with Crippen LogP contribution in [0.3, 0.4) is 0 Å². The van der Waals surface area contributed by atoms with Crippen LogP contribution in [0.4, 0.5) is 0 Å². The molecule has 4 fully saturated rings. The van der Waals surface area contributed by atoms with Gasteiger partial charge < -0.3 is 14.9 Å². The van der Waals surface area contributed by atoms with Crippen molar-refractivity contribution in [2.45, 2.75) is 103 Å². The van der Waals surface area contributed by atoms with E-state index in [0.717, 1.165) is 49.4 Å². The average Bonchev–Trinajstić information content (AvgIpc) is 3.23. The second-order valence-corrected chi connectivity index (χ2v) is 11.9. The lowest BCUT2D eigenvalue weighted by Gasteiger charge is -2.58. The van der Waals surface area contributed by atoms with E-state index >= 15 is 0 Å². The van der Waals surface area contributed by atoms with Crippen LogP contribution in [0.5, 0.6) is 0 Å². The van der Waals surface area contributed by atoms with Crippen LogP contribution in [0.2, 0.25) is 0 Å². The van der Waals surface area contributed by atoms with Gasteiger partial charge in [0.15, 0.2) is 0 Å². The Morgan fingerprint density at radius 3 is 2.76 bits per heavy atom. The number of ether oxygens (including phenoxy) is 1. The van der Waals surface area contributed by atoms with Crippen LogP contribution in [-0.4, -0.2) is 35.1 Å². The molecule has 3 nitrogen and oxygen atoms in total. The summed E-state index contributed by atoms with van der Waals surface area (Å²) in [4.78, 5) is 0. The monoisotopic (exact) mass is 402 g/mol. The van der Waals surface area contributed by atoms with E-state index < -0.39 is 0 Å². The van der Waals surface area contributed by atoms with Gasteiger partial charge in [0, 0.05) is 6.61 Å². The fourth-order valence-corrected chi connectivity index (χ4v) is 8.64. The molecule has 3 heteroatoms. The van der Waals surface area contributed by atoms with E-state index in [1.807, 2.05) is 0 Å². The van der Waals surface area contributed by atoms with E-state index in [1.54, 1.807) is 5.57 Å². The molecule has 4 aliphatic carbocycles. The number of hydrogen-bond donors (Lipinski definition) is 2. The predicted octanol–water partition coefficient (Wildman–Crippen LogP) is 5.10. The van der Waals surface area contributed by atoms with Crippen LogP contribution in [-0.2, 0) is 4.74 Å². The molecule has 0 aromatic rings. The normalized spacial score (nSPS) is 52.2. The highest BCUT2D eigenvalue weighted by Crippen LogP contribution is 2.68. The Bertz CT molecular complexity index is 658. The predicted molar refractivity (Wildman–Crippen MR) is 115 cm³/mol. The van der Waals surface area contributed by atoms with Gasteiger partial charge in [-0.05, 0) is 105 Å². The van der Waals surface area contributed by atoms with E-state index in [-0.39, 0.29) is 6.10 Å². The molecule has 29 heavy (non-hydrogen) atoms. The summed E-state index contributed by atoms with van der Waals surface area (Å²) in [6, 6.07) is 0. The summed E-state index contributed by atoms with van der Waals surface area (Å²) >= 11 is 0. The zero-order valence-corrected chi connectivity index (χ0v) is 18.8. The van der Waals surface area contributed by atoms with Crippen molar-refractivity contribution in [3.63, 3.8) is 0 Å². The summed E-state index contributed by atoms with van der Waals surface area (Å²) in [5.41, 5.74) is 2.37. The van der Waals surface area contributed by atoms with Crippen LogP contribution in [0, 0.1) is 40.4 Å². The largest absolute Gasteiger partial charge is 0.396 e. The summed E-state index contributed by atoms with van der Waals surface area (Å²) in [5, 5.41) is 19.5. The maximum atomic E-state index is 10.2. The van der Waals surface area contributed by atoms with Crippen LogP contribution < -0.4 is 0 Å². The molecular formula is C26H42O3. The second-order valence-electron chi connectivity index (χ2n) is 11.9. The molecule has 10 atom stereocenters. The molecule has 8 unspecified atom stereocenters. The Morgan fingerprint density at radius 1 is 1.14 bits per heavy atom. The van der Waals surface area contributed by atoms with Crippen LogP contribution in [0.15, 0.2) is 11.6 Å². The molecule has 1 heterocycles. The van der Waals surface area contributed by atoms with Gasteiger partial charge in [0.1, 0.15) is 0 Å². The SMILES string of the molecule is C[C@@H](CO)CCC1CC2C(CC3C4CC=C5CC(O)CCC5(C)[C@H]4CCC23C)O1. The minimum Gasteiger partial charge on any atom is -0.396 e. The van der Waals surface area contributed by atoms with Gasteiger partial charge in [0.25, 0.3) is 0 Å². The molecule has 0 spiro atoms. The maximum Gasteiger partial charge on any atom is 0.0616 e. The summed E-state index contributed by atoms with van der Waals surface area (Å²) in [7, 11) is 0. The van der Waals surface area contributed by atoms with Crippen LogP contribution >= 0.6 is 0 Å². The number of hydrogen-bond acceptors (Lipinski definition) is 3. The molecule has 0 amide bonds. The number of rotatable bonds is 4. The third-order valence-electron chi connectivity index (χ3n) is 10.5. The van der Waals surface area contributed by atoms with Crippen molar-refractivity contribution in [3.8, 4) is 0 Å². The topological polar surface area (TPSA) is 49.7 Å². The Hall–Kier alpha value is -0.380. The highest BCUT2D eigenvalue weighted by atomic mass is 16.5. The van der Waals surface area contributed by atoms with Gasteiger partial charge >= 0.3 is 0 Å². The summed E-state index contributed by atoms with van der Waals surface area (Å²) < 4.78 is 6.63. The quantitative estimate of drug-likeness (QED) is 0.643. The van der Waals surface area contributed by atoms with E-state index in [9.17, 15) is 10.2 Å². The zero-order valence-electron chi connectivity index (χ0n) is 18.8. The number of aliphatic hydroxyl groups excluding tert-OH is 2. The van der Waals surface area contributed by atoms with Crippen molar-refractivity contribution >= 4 is 0 Å². The standard InChI is InChI=1S/C26H42O3/c1-16(15-27)4-6-19-13-23-24(29-19)14-22-20-7-5-17-12-18(28)8-10-25(17,2)21(20)9-11-26(22,23)3/h5,16,18-24,27-28H,4,6-15H2,1-3H3/t16-,18?,19?,20?,21+,22?,23?,24?,25?,26?/m1/s1. The van der Waals surface area contributed by atoms with Gasteiger partial charge in [-0.1, -0.05) is 32.4 Å². The van der Waals surface area contributed by atoms with Crippen molar-refractivity contribution in [3.05, 3.63) is 11.6 Å². The lowest BCUT2D eigenvalue weighted by Crippen LogP contribution is -2.50. The van der Waals surface area contributed by atoms with Crippen LogP contribution in [0.1, 0.15) is 85.0 Å². The highest BCUT2D eigenvalue weighted by molar-refractivity contribution is 5.26. The lowest BCUT2D eigenvalue weighted by molar-refractivity contribution is -0.0516. The number of fused-ring (bicyclic) bond motifs is 7. The van der Waals surface area contributed by atoms with Gasteiger partial charge in [-0.15, -0.1) is 0 Å². The van der Waals surface area contributed by atoms with E-state index in [4.69, 9.17) is 4.74 Å². The first-order chi connectivity index (χ1) is 13.8. The molecule has 1 saturated heterocycles. The van der Waals surface area contributed by atoms with Crippen molar-refractivity contribution < 1.29 is 14.9 Å². The Morgan fingerprint density at radius 2 is 1.97 bits per heavy atom. The van der Waals surface area contributed by atoms with Crippen molar-refractivity contribution in [2.24, 2.45) is 40.4 Å². The molecular weight excluding hydrogens is 360 g/mol. The zero-order chi connectivity index (χ0) is 20.4. The first-order valence-electron chi connectivity index (χ1n) is 12.5. The fraction of sp³-hybridized carbons (Fsp3) is 0.923. The summed E-state index contributed by atoms with van der Waals surface area (Å²) in [6.07, 6.45) is 15.1. The number of allylic oxidation sites excluding steroid dienone is 1. The fourth-order valence-electron chi connectivity index (χ4n) is 8.64. The van der Waals surface area contributed by atoms with Gasteiger partial charge in [-0.25, -0.2) is 0 Å². The van der Waals surface area contributed by atoms with Gasteiger partial charge in [-0.2, -0.15) is 0 Å². The van der Waals surface area contributed by atoms with Gasteiger partial charge in [0.2, 0.25) is 0 Å². The Labute approximate surface area is 177 Å². The minimum absolute atomic E-state index is 0.107. The summed E-state index contributed by atoms with van der Waals surface area (Å²) in [6.45, 7) is 7.57. The number of aliphatic hydroxyl groups is 2. The molecule has 3 saturated carbocycles. The Balaban J connectivity index is 1.31. The molecule has 0 aromatic carbocycles. The van der Waals surface area contributed by atoms with Crippen molar-refractivity contribution in [1.29, 1.82) is 0 Å². The molecule has 5 rings (SSSR count). The second kappa shape index (κ2) is 7.35. The molecule has 0 radical (unpaired) electrons. The third-order valence-corrected chi connectivity index (χ3v) is 10.5. The highest BCUT2D eigenvalue weighted by Gasteiger charge is 2.63. The van der Waals surface area contributed by atoms with E-state index in [0.29, 0.717) is 35.6 Å². The molecule has 1 aliphatic heterocycles. The molecule has 0 bridgehead atoms. The molecule has 5 aliphatic rings. The molecule has 0 aromatic heterocycles. The first kappa shape index (κ1) is 20.5. The van der Waals surface area contributed by atoms with Crippen molar-refractivity contribution in [1.82, 2.24) is 0 Å². The molecule has 164 valence electrons. The average molecular weight is 403 g/mol. The summed E-state index contributed by atoms with van der Waals surface area (Å²) in [5.74, 6) is 3.59. The van der Waals surface area contributed by atoms with E-state index in [1.165, 1.54) is 38.5 Å². The van der Waals surface area contributed by atoms with Gasteiger partial charge in [0.05, 0.1) is 18.3 Å². The minimum atomic E-state index is -0.107. The lowest BCUT2D eigenvalue weighted by atomic mass is 9.47. The van der Waals surface area contributed by atoms with E-state index in [2.05, 4.69) is 26.8 Å². The maximum absolute atomic E-state index is 10.2. The molecule has 2 N–H and O–H groups in total. The van der Waals surface area contributed by atoms with Gasteiger partial charge in [-0.3, -0.25) is 0 Å². The Kier molecular flexibility index (Phi) is 5.20. The van der Waals surface area contributed by atoms with Crippen LogP contribution in [0.25, 0.3) is 0 Å². The third kappa shape index (κ3) is 3.17. The van der Waals surface area contributed by atoms with Crippen molar-refractivity contribution in [2.75, 3.05) is 6.61 Å². The smallest absolute Gasteiger partial charge is 0.0616 e. The first-order valence-corrected chi connectivity index (χ1v) is 12.5.